The maximum Gasteiger partial charge on any atom is 0.0839 e. The van der Waals surface area contributed by atoms with Crippen LogP contribution in [0.4, 0.5) is 0 Å². The first-order chi connectivity index (χ1) is 8.86. The van der Waals surface area contributed by atoms with Gasteiger partial charge in [0, 0.05) is 18.3 Å². The normalized spacial score (nSPS) is 41.1. The number of fused-ring (bicyclic) bond motifs is 2. The molecular formula is C17H34I2N2. The Balaban J connectivity index is 0.00000110. The zero-order valence-corrected chi connectivity index (χ0v) is 18.6. The molecule has 1 heterocycles. The molecule has 0 aromatic heterocycles. The van der Waals surface area contributed by atoms with Crippen LogP contribution in [0.3, 0.4) is 0 Å². The number of rotatable bonds is 4. The third-order valence-corrected chi connectivity index (χ3v) is 6.41. The molecule has 1 aliphatic heterocycles. The van der Waals surface area contributed by atoms with Crippen LogP contribution in [0.15, 0.2) is 0 Å². The summed E-state index contributed by atoms with van der Waals surface area (Å²) < 4.78 is 2.51. The molecule has 4 aliphatic rings. The average Bonchev–Trinajstić information content (AvgIpc) is 2.68. The molecule has 126 valence electrons. The van der Waals surface area contributed by atoms with Gasteiger partial charge in [0.2, 0.25) is 0 Å². The van der Waals surface area contributed by atoms with Gasteiger partial charge in [0.15, 0.2) is 0 Å². The molecular weight excluding hydrogens is 486 g/mol. The lowest BCUT2D eigenvalue weighted by atomic mass is 9.60. The van der Waals surface area contributed by atoms with E-state index in [0.717, 1.165) is 28.2 Å². The van der Waals surface area contributed by atoms with E-state index in [1.54, 1.807) is 25.7 Å². The summed E-state index contributed by atoms with van der Waals surface area (Å²) in [7, 11) is 9.52. The van der Waals surface area contributed by atoms with Gasteiger partial charge in [0.25, 0.3) is 0 Å². The van der Waals surface area contributed by atoms with Crippen molar-refractivity contribution in [2.24, 2.45) is 23.7 Å². The predicted molar refractivity (Wildman–Crippen MR) is 80.7 cm³/mol. The molecule has 0 amide bonds. The quantitative estimate of drug-likeness (QED) is 0.268. The fraction of sp³-hybridized carbons (Fsp3) is 1.00. The number of quaternary nitrogens is 2. The van der Waals surface area contributed by atoms with E-state index in [2.05, 4.69) is 28.2 Å². The molecule has 0 aromatic carbocycles. The highest BCUT2D eigenvalue weighted by molar-refractivity contribution is 4.95. The Morgan fingerprint density at radius 1 is 0.857 bits per heavy atom. The third-order valence-electron chi connectivity index (χ3n) is 6.41. The summed E-state index contributed by atoms with van der Waals surface area (Å²) in [4.78, 5) is 0. The molecule has 2 atom stereocenters. The molecule has 2 nitrogen and oxygen atoms in total. The summed E-state index contributed by atoms with van der Waals surface area (Å²) in [5.74, 6) is 4.41. The molecule has 4 fully saturated rings. The van der Waals surface area contributed by atoms with Crippen LogP contribution in [-0.4, -0.2) is 63.3 Å². The molecule has 0 spiro atoms. The third kappa shape index (κ3) is 4.69. The van der Waals surface area contributed by atoms with Crippen LogP contribution in [-0.2, 0) is 0 Å². The van der Waals surface area contributed by atoms with Gasteiger partial charge in [-0.1, -0.05) is 0 Å². The van der Waals surface area contributed by atoms with Gasteiger partial charge in [-0.05, 0) is 37.5 Å². The molecule has 2 unspecified atom stereocenters. The van der Waals surface area contributed by atoms with E-state index >= 15 is 0 Å². The summed E-state index contributed by atoms with van der Waals surface area (Å²) in [6.45, 7) is 5.75. The average molecular weight is 520 g/mol. The first kappa shape index (κ1) is 20.4. The predicted octanol–water partition coefficient (Wildman–Crippen LogP) is -3.40. The second-order valence-corrected chi connectivity index (χ2v) is 9.08. The highest BCUT2D eigenvalue weighted by atomic mass is 127. The van der Waals surface area contributed by atoms with Crippen molar-refractivity contribution in [2.45, 2.75) is 32.1 Å². The maximum atomic E-state index is 2.55. The molecule has 4 heteroatoms. The van der Waals surface area contributed by atoms with Crippen LogP contribution >= 0.6 is 0 Å². The van der Waals surface area contributed by atoms with Crippen LogP contribution in [0, 0.1) is 23.7 Å². The summed E-state index contributed by atoms with van der Waals surface area (Å²) in [6.07, 6.45) is 7.64. The Kier molecular flexibility index (Phi) is 7.31. The Hall–Kier alpha value is 1.38. The Labute approximate surface area is 166 Å². The minimum atomic E-state index is 0. The molecule has 3 saturated carbocycles. The minimum Gasteiger partial charge on any atom is -1.00 e. The van der Waals surface area contributed by atoms with Crippen molar-refractivity contribution in [1.29, 1.82) is 0 Å². The van der Waals surface area contributed by atoms with Crippen LogP contribution < -0.4 is 48.0 Å². The van der Waals surface area contributed by atoms with E-state index in [1.807, 2.05) is 0 Å². The summed E-state index contributed by atoms with van der Waals surface area (Å²) in [6, 6.07) is 0. The fourth-order valence-corrected chi connectivity index (χ4v) is 5.47. The zero-order chi connectivity index (χ0) is 13.7. The first-order valence-electron chi connectivity index (χ1n) is 8.50. The van der Waals surface area contributed by atoms with Gasteiger partial charge in [-0.25, -0.2) is 0 Å². The highest BCUT2D eigenvalue weighted by Crippen LogP contribution is 2.53. The topological polar surface area (TPSA) is 0 Å². The lowest BCUT2D eigenvalue weighted by Gasteiger charge is -2.43. The highest BCUT2D eigenvalue weighted by Gasteiger charge is 2.53. The number of hydrogen-bond acceptors (Lipinski definition) is 0. The number of likely N-dealkylation sites (tertiary alicyclic amines) is 1. The summed E-state index contributed by atoms with van der Waals surface area (Å²) in [5, 5.41) is 0. The van der Waals surface area contributed by atoms with E-state index in [1.165, 1.54) is 37.1 Å². The van der Waals surface area contributed by atoms with Crippen LogP contribution in [0.1, 0.15) is 32.1 Å². The van der Waals surface area contributed by atoms with Crippen molar-refractivity contribution >= 4 is 0 Å². The van der Waals surface area contributed by atoms with E-state index in [4.69, 9.17) is 0 Å². The van der Waals surface area contributed by atoms with E-state index in [9.17, 15) is 0 Å². The largest absolute Gasteiger partial charge is 1.00 e. The van der Waals surface area contributed by atoms with Crippen molar-refractivity contribution in [3.05, 3.63) is 0 Å². The van der Waals surface area contributed by atoms with Gasteiger partial charge in [0.05, 0.1) is 54.4 Å². The SMILES string of the molecule is C[N+](C)(C)CCC[N+]1(C)CC2C3CCC(CC3)C2C1.[I-].[I-]. The standard InChI is InChI=1S/C17H34N2.2HI/c1-18(2,3)10-5-11-19(4)12-16-14-6-7-15(9-8-14)17(16)13-19;;/h14-17H,5-13H2,1-4H3;2*1H/q+2;;/p-2. The second kappa shape index (κ2) is 7.51. The monoisotopic (exact) mass is 520 g/mol. The number of nitrogens with zero attached hydrogens (tertiary/aromatic N) is 2. The van der Waals surface area contributed by atoms with Gasteiger partial charge < -0.3 is 56.9 Å². The van der Waals surface area contributed by atoms with Crippen molar-refractivity contribution in [1.82, 2.24) is 0 Å². The molecule has 21 heavy (non-hydrogen) atoms. The van der Waals surface area contributed by atoms with E-state index in [0.29, 0.717) is 0 Å². The Morgan fingerprint density at radius 2 is 1.29 bits per heavy atom. The molecule has 2 bridgehead atoms. The minimum absolute atomic E-state index is 0. The molecule has 0 radical (unpaired) electrons. The lowest BCUT2D eigenvalue weighted by Crippen LogP contribution is -3.00. The van der Waals surface area contributed by atoms with Crippen molar-refractivity contribution < 1.29 is 56.9 Å². The molecule has 0 aromatic rings. The Morgan fingerprint density at radius 3 is 1.67 bits per heavy atom. The van der Waals surface area contributed by atoms with Crippen LogP contribution in [0.25, 0.3) is 0 Å². The number of halogens is 2. The van der Waals surface area contributed by atoms with Gasteiger partial charge >= 0.3 is 0 Å². The van der Waals surface area contributed by atoms with Crippen LogP contribution in [0.2, 0.25) is 0 Å². The van der Waals surface area contributed by atoms with E-state index in [-0.39, 0.29) is 48.0 Å². The van der Waals surface area contributed by atoms with E-state index < -0.39 is 0 Å². The van der Waals surface area contributed by atoms with Crippen molar-refractivity contribution in [2.75, 3.05) is 54.4 Å². The molecule has 4 rings (SSSR count). The second-order valence-electron chi connectivity index (χ2n) is 9.08. The van der Waals surface area contributed by atoms with Crippen molar-refractivity contribution in [3.63, 3.8) is 0 Å². The lowest BCUT2D eigenvalue weighted by molar-refractivity contribution is -0.909. The molecule has 1 saturated heterocycles. The number of hydrogen-bond donors (Lipinski definition) is 0. The summed E-state index contributed by atoms with van der Waals surface area (Å²) in [5.41, 5.74) is 0. The summed E-state index contributed by atoms with van der Waals surface area (Å²) >= 11 is 0. The van der Waals surface area contributed by atoms with Gasteiger partial charge in [-0.3, -0.25) is 0 Å². The first-order valence-corrected chi connectivity index (χ1v) is 8.50. The maximum absolute atomic E-state index is 2.55. The van der Waals surface area contributed by atoms with Gasteiger partial charge in [0.1, 0.15) is 0 Å². The van der Waals surface area contributed by atoms with Crippen LogP contribution in [0.5, 0.6) is 0 Å². The fourth-order valence-electron chi connectivity index (χ4n) is 5.47. The van der Waals surface area contributed by atoms with Gasteiger partial charge in [-0.2, -0.15) is 0 Å². The molecule has 3 aliphatic carbocycles. The van der Waals surface area contributed by atoms with Crippen molar-refractivity contribution in [3.8, 4) is 0 Å². The molecule has 0 N–H and O–H groups in total. The zero-order valence-electron chi connectivity index (χ0n) is 14.3. The Bertz CT molecular complexity index is 312. The van der Waals surface area contributed by atoms with Gasteiger partial charge in [-0.15, -0.1) is 0 Å². The smallest absolute Gasteiger partial charge is 0.0839 e.